The van der Waals surface area contributed by atoms with E-state index in [1.165, 1.54) is 0 Å². The first-order chi connectivity index (χ1) is 9.59. The first kappa shape index (κ1) is 13.1. The molecule has 0 fully saturated rings. The van der Waals surface area contributed by atoms with Gasteiger partial charge in [0, 0.05) is 0 Å². The first-order valence-corrected chi connectivity index (χ1v) is 6.75. The van der Waals surface area contributed by atoms with Gasteiger partial charge in [-0.05, 0) is 30.4 Å². The predicted octanol–water partition coefficient (Wildman–Crippen LogP) is 2.25. The topological polar surface area (TPSA) is 54.9 Å². The summed E-state index contributed by atoms with van der Waals surface area (Å²) in [6, 6.07) is 7.16. The second-order valence-corrected chi connectivity index (χ2v) is 5.22. The normalized spacial score (nSPS) is 17.8. The maximum Gasteiger partial charge on any atom is 0.330 e. The quantitative estimate of drug-likeness (QED) is 0.820. The van der Waals surface area contributed by atoms with Crippen LogP contribution in [0.15, 0.2) is 33.9 Å². The van der Waals surface area contributed by atoms with Gasteiger partial charge >= 0.3 is 5.69 Å². The van der Waals surface area contributed by atoms with Crippen LogP contribution in [-0.2, 0) is 6.42 Å². The largest absolute Gasteiger partial charge is 0.330 e. The zero-order valence-corrected chi connectivity index (χ0v) is 11.3. The van der Waals surface area contributed by atoms with E-state index in [2.05, 4.69) is 4.98 Å². The number of rotatable bonds is 1. The number of aromatic nitrogens is 2. The lowest BCUT2D eigenvalue weighted by Crippen LogP contribution is -2.41. The molecule has 1 N–H and O–H groups in total. The van der Waals surface area contributed by atoms with E-state index in [4.69, 9.17) is 11.6 Å². The number of H-pyrrole nitrogens is 1. The minimum absolute atomic E-state index is 0.442. The number of halogens is 2. The molecule has 1 aromatic heterocycles. The van der Waals surface area contributed by atoms with Crippen molar-refractivity contribution in [2.45, 2.75) is 25.3 Å². The minimum atomic E-state index is -1.12. The van der Waals surface area contributed by atoms with E-state index in [9.17, 15) is 14.0 Å². The summed E-state index contributed by atoms with van der Waals surface area (Å²) in [5, 5.41) is -0.541. The molecule has 0 saturated heterocycles. The maximum absolute atomic E-state index is 13.7. The van der Waals surface area contributed by atoms with E-state index in [1.807, 2.05) is 24.3 Å². The van der Waals surface area contributed by atoms with Crippen molar-refractivity contribution in [1.29, 1.82) is 0 Å². The molecule has 3 rings (SSSR count). The van der Waals surface area contributed by atoms with Gasteiger partial charge in [-0.2, -0.15) is 4.39 Å². The van der Waals surface area contributed by atoms with Crippen molar-refractivity contribution in [2.24, 2.45) is 0 Å². The van der Waals surface area contributed by atoms with Gasteiger partial charge in [-0.1, -0.05) is 35.9 Å². The minimum Gasteiger partial charge on any atom is -0.295 e. The molecule has 0 bridgehead atoms. The van der Waals surface area contributed by atoms with Crippen molar-refractivity contribution >= 4 is 11.6 Å². The van der Waals surface area contributed by atoms with E-state index in [0.717, 1.165) is 28.5 Å². The Morgan fingerprint density at radius 1 is 1.30 bits per heavy atom. The van der Waals surface area contributed by atoms with Crippen molar-refractivity contribution in [1.82, 2.24) is 9.55 Å². The number of benzene rings is 1. The van der Waals surface area contributed by atoms with Crippen LogP contribution in [0.4, 0.5) is 4.39 Å². The lowest BCUT2D eigenvalue weighted by Gasteiger charge is -2.26. The molecular weight excluding hydrogens is 283 g/mol. The average molecular weight is 295 g/mol. The molecule has 0 amide bonds. The molecule has 1 aliphatic carbocycles. The third-order valence-corrected chi connectivity index (χ3v) is 3.94. The van der Waals surface area contributed by atoms with Crippen molar-refractivity contribution in [2.75, 3.05) is 0 Å². The summed E-state index contributed by atoms with van der Waals surface area (Å²) in [5.74, 6) is -1.12. The summed E-state index contributed by atoms with van der Waals surface area (Å²) in [7, 11) is 0. The van der Waals surface area contributed by atoms with Gasteiger partial charge < -0.3 is 0 Å². The van der Waals surface area contributed by atoms with Gasteiger partial charge in [-0.25, -0.2) is 4.79 Å². The Morgan fingerprint density at radius 3 is 2.85 bits per heavy atom. The zero-order chi connectivity index (χ0) is 14.3. The summed E-state index contributed by atoms with van der Waals surface area (Å²) >= 11 is 5.49. The highest BCUT2D eigenvalue weighted by Crippen LogP contribution is 2.31. The fraction of sp³-hybridized carbons (Fsp3) is 0.286. The van der Waals surface area contributed by atoms with Gasteiger partial charge in [-0.15, -0.1) is 0 Å². The highest BCUT2D eigenvalue weighted by atomic mass is 35.5. The molecule has 0 saturated carbocycles. The van der Waals surface area contributed by atoms with Crippen molar-refractivity contribution in [3.63, 3.8) is 0 Å². The van der Waals surface area contributed by atoms with Crippen molar-refractivity contribution in [3.8, 4) is 0 Å². The third kappa shape index (κ3) is 1.98. The van der Waals surface area contributed by atoms with Crippen LogP contribution < -0.4 is 11.2 Å². The van der Waals surface area contributed by atoms with Crippen LogP contribution in [0.1, 0.15) is 30.0 Å². The van der Waals surface area contributed by atoms with Crippen LogP contribution in [0.3, 0.4) is 0 Å². The van der Waals surface area contributed by atoms with Gasteiger partial charge in [0.15, 0.2) is 5.15 Å². The molecule has 20 heavy (non-hydrogen) atoms. The Labute approximate surface area is 118 Å². The second-order valence-electron chi connectivity index (χ2n) is 4.84. The van der Waals surface area contributed by atoms with E-state index < -0.39 is 28.3 Å². The maximum atomic E-state index is 13.7. The SMILES string of the molecule is O=c1[nH]c(Cl)c(F)c(=O)n1C1CCCc2ccccc21. The first-order valence-electron chi connectivity index (χ1n) is 6.37. The van der Waals surface area contributed by atoms with Gasteiger partial charge in [0.1, 0.15) is 0 Å². The van der Waals surface area contributed by atoms with E-state index in [0.29, 0.717) is 6.42 Å². The van der Waals surface area contributed by atoms with Crippen LogP contribution in [0, 0.1) is 5.82 Å². The monoisotopic (exact) mass is 294 g/mol. The summed E-state index contributed by atoms with van der Waals surface area (Å²) < 4.78 is 14.6. The Hall–Kier alpha value is -1.88. The van der Waals surface area contributed by atoms with Crippen LogP contribution in [0.5, 0.6) is 0 Å². The number of nitrogens with zero attached hydrogens (tertiary/aromatic N) is 1. The number of aromatic amines is 1. The molecule has 1 heterocycles. The Balaban J connectivity index is 2.24. The van der Waals surface area contributed by atoms with Crippen molar-refractivity contribution in [3.05, 3.63) is 67.2 Å². The molecule has 0 spiro atoms. The van der Waals surface area contributed by atoms with Gasteiger partial charge in [0.25, 0.3) is 5.56 Å². The fourth-order valence-corrected chi connectivity index (χ4v) is 2.94. The zero-order valence-electron chi connectivity index (χ0n) is 10.5. The van der Waals surface area contributed by atoms with E-state index in [1.54, 1.807) is 0 Å². The molecule has 1 atom stereocenters. The number of aryl methyl sites for hydroxylation is 1. The second kappa shape index (κ2) is 4.90. The van der Waals surface area contributed by atoms with Crippen LogP contribution >= 0.6 is 11.6 Å². The summed E-state index contributed by atoms with van der Waals surface area (Å²) in [4.78, 5) is 26.2. The van der Waals surface area contributed by atoms with Crippen molar-refractivity contribution < 1.29 is 4.39 Å². The number of hydrogen-bond donors (Lipinski definition) is 1. The standard InChI is InChI=1S/C14H12ClFN2O2/c15-12-11(16)13(19)18(14(20)17-12)10-7-3-5-8-4-1-2-6-9(8)10/h1-2,4,6,10H,3,5,7H2,(H,17,20). The highest BCUT2D eigenvalue weighted by Gasteiger charge is 2.25. The Morgan fingerprint density at radius 2 is 2.05 bits per heavy atom. The summed E-state index contributed by atoms with van der Waals surface area (Å²) in [6.45, 7) is 0. The molecule has 0 radical (unpaired) electrons. The molecule has 2 aromatic rings. The Kier molecular flexibility index (Phi) is 3.22. The molecule has 1 aromatic carbocycles. The molecular formula is C14H12ClFN2O2. The average Bonchev–Trinajstić information content (AvgIpc) is 2.45. The number of hydrogen-bond acceptors (Lipinski definition) is 2. The summed E-state index contributed by atoms with van der Waals surface area (Å²) in [6.07, 6.45) is 2.37. The number of fused-ring (bicyclic) bond motifs is 1. The lowest BCUT2D eigenvalue weighted by atomic mass is 9.87. The van der Waals surface area contributed by atoms with Crippen LogP contribution in [0.2, 0.25) is 5.15 Å². The molecule has 6 heteroatoms. The predicted molar refractivity (Wildman–Crippen MR) is 73.8 cm³/mol. The van der Waals surface area contributed by atoms with Gasteiger partial charge in [-0.3, -0.25) is 14.3 Å². The smallest absolute Gasteiger partial charge is 0.295 e. The highest BCUT2D eigenvalue weighted by molar-refractivity contribution is 6.29. The molecule has 4 nitrogen and oxygen atoms in total. The number of nitrogens with one attached hydrogen (secondary N) is 1. The Bertz CT molecular complexity index is 781. The van der Waals surface area contributed by atoms with Crippen LogP contribution in [-0.4, -0.2) is 9.55 Å². The third-order valence-electron chi connectivity index (χ3n) is 3.68. The fourth-order valence-electron chi connectivity index (χ4n) is 2.78. The summed E-state index contributed by atoms with van der Waals surface area (Å²) in [5.41, 5.74) is 0.335. The molecule has 1 aliphatic rings. The van der Waals surface area contributed by atoms with Gasteiger partial charge in [0.2, 0.25) is 5.82 Å². The van der Waals surface area contributed by atoms with E-state index >= 15 is 0 Å². The van der Waals surface area contributed by atoms with E-state index in [-0.39, 0.29) is 0 Å². The lowest BCUT2D eigenvalue weighted by molar-refractivity contribution is 0.440. The van der Waals surface area contributed by atoms with Crippen LogP contribution in [0.25, 0.3) is 0 Å². The molecule has 1 unspecified atom stereocenters. The van der Waals surface area contributed by atoms with Gasteiger partial charge in [0.05, 0.1) is 6.04 Å². The molecule has 104 valence electrons. The molecule has 0 aliphatic heterocycles.